The summed E-state index contributed by atoms with van der Waals surface area (Å²) in [5, 5.41) is 12.7. The third kappa shape index (κ3) is 3.11. The maximum atomic E-state index is 12.3. The van der Waals surface area contributed by atoms with Gasteiger partial charge in [-0.15, -0.1) is 11.3 Å². The fraction of sp³-hybridized carbons (Fsp3) is 0.176. The van der Waals surface area contributed by atoms with Crippen LogP contribution in [0.15, 0.2) is 36.4 Å². The summed E-state index contributed by atoms with van der Waals surface area (Å²) in [4.78, 5) is 16.6. The van der Waals surface area contributed by atoms with Gasteiger partial charge in [-0.2, -0.15) is 0 Å². The monoisotopic (exact) mass is 344 g/mol. The van der Waals surface area contributed by atoms with Crippen LogP contribution in [0.5, 0.6) is 17.2 Å². The van der Waals surface area contributed by atoms with Crippen LogP contribution in [0.1, 0.15) is 15.4 Å². The van der Waals surface area contributed by atoms with Gasteiger partial charge in [0.15, 0.2) is 16.5 Å². The molecule has 3 rings (SSSR count). The van der Waals surface area contributed by atoms with E-state index in [1.54, 1.807) is 38.5 Å². The highest BCUT2D eigenvalue weighted by atomic mass is 32.1. The zero-order valence-electron chi connectivity index (χ0n) is 13.2. The number of rotatable bonds is 5. The fourth-order valence-electron chi connectivity index (χ4n) is 2.35. The summed E-state index contributed by atoms with van der Waals surface area (Å²) in [7, 11) is 3.12. The molecule has 1 amide bonds. The van der Waals surface area contributed by atoms with Crippen LogP contribution in [-0.4, -0.2) is 30.2 Å². The van der Waals surface area contributed by atoms with Gasteiger partial charge in [0.25, 0.3) is 5.91 Å². The van der Waals surface area contributed by atoms with Gasteiger partial charge < -0.3 is 19.9 Å². The average molecular weight is 344 g/mol. The Kier molecular flexibility index (Phi) is 4.52. The van der Waals surface area contributed by atoms with Crippen LogP contribution in [0.25, 0.3) is 10.2 Å². The Bertz CT molecular complexity index is 891. The number of phenolic OH excluding ortho intramolecular Hbond substituents is 1. The molecule has 124 valence electrons. The summed E-state index contributed by atoms with van der Waals surface area (Å²) < 4.78 is 11.4. The third-order valence-corrected chi connectivity index (χ3v) is 4.51. The summed E-state index contributed by atoms with van der Waals surface area (Å²) in [5.74, 6) is 1.08. The number of fused-ring (bicyclic) bond motifs is 1. The zero-order valence-corrected chi connectivity index (χ0v) is 14.0. The normalized spacial score (nSPS) is 10.6. The van der Waals surface area contributed by atoms with Crippen LogP contribution in [0.4, 0.5) is 0 Å². The first-order valence-corrected chi connectivity index (χ1v) is 8.01. The van der Waals surface area contributed by atoms with Crippen molar-refractivity contribution in [2.75, 3.05) is 14.2 Å². The average Bonchev–Trinajstić information content (AvgIpc) is 3.02. The van der Waals surface area contributed by atoms with Gasteiger partial charge in [-0.05, 0) is 24.3 Å². The molecule has 0 radical (unpaired) electrons. The first kappa shape index (κ1) is 16.1. The first-order chi connectivity index (χ1) is 11.6. The van der Waals surface area contributed by atoms with Crippen molar-refractivity contribution in [2.24, 2.45) is 0 Å². The molecule has 0 aliphatic heterocycles. The smallest absolute Gasteiger partial charge is 0.280 e. The second-order valence-corrected chi connectivity index (χ2v) is 6.04. The van der Waals surface area contributed by atoms with Crippen molar-refractivity contribution >= 4 is 27.5 Å². The predicted octanol–water partition coefficient (Wildman–Crippen LogP) is 2.95. The topological polar surface area (TPSA) is 80.7 Å². The number of ether oxygens (including phenoxy) is 2. The molecular weight excluding hydrogens is 328 g/mol. The second kappa shape index (κ2) is 6.76. The number of carbonyl (C=O) groups excluding carboxylic acids is 1. The number of thiazole rings is 1. The lowest BCUT2D eigenvalue weighted by atomic mass is 10.2. The van der Waals surface area contributed by atoms with E-state index in [2.05, 4.69) is 10.3 Å². The molecule has 0 saturated carbocycles. The molecule has 0 saturated heterocycles. The summed E-state index contributed by atoms with van der Waals surface area (Å²) >= 11 is 1.23. The Morgan fingerprint density at radius 3 is 2.83 bits per heavy atom. The van der Waals surface area contributed by atoms with Gasteiger partial charge in [0.05, 0.1) is 24.4 Å². The summed E-state index contributed by atoms with van der Waals surface area (Å²) in [5.41, 5.74) is 1.49. The highest BCUT2D eigenvalue weighted by Gasteiger charge is 2.14. The largest absolute Gasteiger partial charge is 0.508 e. The van der Waals surface area contributed by atoms with Gasteiger partial charge in [0.1, 0.15) is 5.75 Å². The van der Waals surface area contributed by atoms with Crippen molar-refractivity contribution < 1.29 is 19.4 Å². The van der Waals surface area contributed by atoms with Crippen molar-refractivity contribution in [1.29, 1.82) is 0 Å². The highest BCUT2D eigenvalue weighted by Crippen LogP contribution is 2.31. The first-order valence-electron chi connectivity index (χ1n) is 7.20. The number of phenols is 1. The molecule has 0 atom stereocenters. The Hall–Kier alpha value is -2.80. The molecule has 7 heteroatoms. The lowest BCUT2D eigenvalue weighted by Gasteiger charge is -2.12. The van der Waals surface area contributed by atoms with E-state index in [-0.39, 0.29) is 11.7 Å². The van der Waals surface area contributed by atoms with Crippen LogP contribution in [0.2, 0.25) is 0 Å². The second-order valence-electron chi connectivity index (χ2n) is 5.01. The number of aromatic nitrogens is 1. The molecule has 0 bridgehead atoms. The molecule has 2 N–H and O–H groups in total. The SMILES string of the molecule is COc1cccc(CNC(=O)c2nc3ccc(O)cc3s2)c1OC. The van der Waals surface area contributed by atoms with Crippen LogP contribution in [0, 0.1) is 0 Å². The van der Waals surface area contributed by atoms with Crippen LogP contribution in [-0.2, 0) is 6.54 Å². The number of hydrogen-bond acceptors (Lipinski definition) is 6. The summed E-state index contributed by atoms with van der Waals surface area (Å²) in [6, 6.07) is 10.3. The van der Waals surface area contributed by atoms with E-state index in [0.29, 0.717) is 28.6 Å². The highest BCUT2D eigenvalue weighted by molar-refractivity contribution is 7.20. The number of aromatic hydroxyl groups is 1. The molecule has 0 fully saturated rings. The quantitative estimate of drug-likeness (QED) is 0.744. The van der Waals surface area contributed by atoms with E-state index in [9.17, 15) is 9.90 Å². The minimum absolute atomic E-state index is 0.152. The molecular formula is C17H16N2O4S. The number of para-hydroxylation sites is 1. The lowest BCUT2D eigenvalue weighted by molar-refractivity contribution is 0.0950. The Balaban J connectivity index is 1.77. The molecule has 24 heavy (non-hydrogen) atoms. The Labute approximate surface area is 142 Å². The number of nitrogens with zero attached hydrogens (tertiary/aromatic N) is 1. The number of amides is 1. The van der Waals surface area contributed by atoms with E-state index in [0.717, 1.165) is 10.3 Å². The van der Waals surface area contributed by atoms with E-state index in [1.165, 1.54) is 11.3 Å². The number of hydrogen-bond donors (Lipinski definition) is 2. The van der Waals surface area contributed by atoms with E-state index in [4.69, 9.17) is 9.47 Å². The summed E-state index contributed by atoms with van der Waals surface area (Å²) in [6.07, 6.45) is 0. The summed E-state index contributed by atoms with van der Waals surface area (Å²) in [6.45, 7) is 0.292. The van der Waals surface area contributed by atoms with Crippen LogP contribution < -0.4 is 14.8 Å². The number of methoxy groups -OCH3 is 2. The van der Waals surface area contributed by atoms with Crippen molar-refractivity contribution in [3.8, 4) is 17.2 Å². The van der Waals surface area contributed by atoms with Gasteiger partial charge in [0, 0.05) is 12.1 Å². The Morgan fingerprint density at radius 1 is 1.25 bits per heavy atom. The molecule has 3 aromatic rings. The van der Waals surface area contributed by atoms with Crippen molar-refractivity contribution in [3.05, 3.63) is 47.0 Å². The maximum Gasteiger partial charge on any atom is 0.280 e. The van der Waals surface area contributed by atoms with Crippen molar-refractivity contribution in [3.63, 3.8) is 0 Å². The van der Waals surface area contributed by atoms with Gasteiger partial charge in [-0.25, -0.2) is 4.98 Å². The lowest BCUT2D eigenvalue weighted by Crippen LogP contribution is -2.22. The van der Waals surface area contributed by atoms with Crippen molar-refractivity contribution in [2.45, 2.75) is 6.54 Å². The van der Waals surface area contributed by atoms with Gasteiger partial charge in [0.2, 0.25) is 0 Å². The van der Waals surface area contributed by atoms with Gasteiger partial charge in [-0.3, -0.25) is 4.79 Å². The van der Waals surface area contributed by atoms with Crippen LogP contribution >= 0.6 is 11.3 Å². The molecule has 1 aromatic heterocycles. The zero-order chi connectivity index (χ0) is 17.1. The fourth-order valence-corrected chi connectivity index (χ4v) is 3.27. The minimum Gasteiger partial charge on any atom is -0.508 e. The minimum atomic E-state index is -0.277. The predicted molar refractivity (Wildman–Crippen MR) is 92.0 cm³/mol. The van der Waals surface area contributed by atoms with Gasteiger partial charge in [-0.1, -0.05) is 12.1 Å². The molecule has 0 unspecified atom stereocenters. The van der Waals surface area contributed by atoms with E-state index >= 15 is 0 Å². The van der Waals surface area contributed by atoms with Crippen LogP contribution in [0.3, 0.4) is 0 Å². The molecule has 2 aromatic carbocycles. The van der Waals surface area contributed by atoms with E-state index < -0.39 is 0 Å². The number of benzene rings is 2. The molecule has 1 heterocycles. The maximum absolute atomic E-state index is 12.3. The Morgan fingerprint density at radius 2 is 2.08 bits per heavy atom. The molecule has 6 nitrogen and oxygen atoms in total. The number of carbonyl (C=O) groups is 1. The third-order valence-electron chi connectivity index (χ3n) is 3.49. The molecule has 0 aliphatic carbocycles. The van der Waals surface area contributed by atoms with Crippen molar-refractivity contribution in [1.82, 2.24) is 10.3 Å². The van der Waals surface area contributed by atoms with E-state index in [1.807, 2.05) is 12.1 Å². The van der Waals surface area contributed by atoms with Gasteiger partial charge >= 0.3 is 0 Å². The number of nitrogens with one attached hydrogen (secondary N) is 1. The molecule has 0 spiro atoms. The standard InChI is InChI=1S/C17H16N2O4S/c1-22-13-5-3-4-10(15(13)23-2)9-18-16(21)17-19-12-7-6-11(20)8-14(12)24-17/h3-8,20H,9H2,1-2H3,(H,18,21). The molecule has 0 aliphatic rings.